The van der Waals surface area contributed by atoms with Crippen LogP contribution in [0.5, 0.6) is 0 Å². The molecule has 0 aliphatic carbocycles. The van der Waals surface area contributed by atoms with E-state index in [0.717, 1.165) is 11.1 Å². The Hall–Kier alpha value is -3.56. The monoisotopic (exact) mass is 498 g/mol. The van der Waals surface area contributed by atoms with Crippen LogP contribution in [0.15, 0.2) is 71.6 Å². The second-order valence-corrected chi connectivity index (χ2v) is 10.1. The summed E-state index contributed by atoms with van der Waals surface area (Å²) in [5.74, 6) is -0.171. The number of fused-ring (bicyclic) bond motifs is 1. The molecule has 0 spiro atoms. The number of carbonyl (C=O) groups excluding carboxylic acids is 2. The number of sulfone groups is 1. The van der Waals surface area contributed by atoms with E-state index < -0.39 is 21.2 Å². The standard InChI is InChI=1S/C24H22N4O4S.ClH/c25-17-8-6-16(7-9-17)23(29)28-13-12-18-19(28)10-11-20(22(18)15-4-2-1-3-5-15)33(31,32)21-14-26-24(30)27-21;/h1-11,21H,12-14,25H2,(H2,26,27,30);1H. The Kier molecular flexibility index (Phi) is 6.24. The lowest BCUT2D eigenvalue weighted by Crippen LogP contribution is -2.35. The van der Waals surface area contributed by atoms with Crippen LogP contribution in [0.4, 0.5) is 16.2 Å². The maximum Gasteiger partial charge on any atom is 0.315 e. The second-order valence-electron chi connectivity index (χ2n) is 8.02. The minimum Gasteiger partial charge on any atom is -0.399 e. The molecule has 1 atom stereocenters. The summed E-state index contributed by atoms with van der Waals surface area (Å²) in [5, 5.41) is 3.93. The van der Waals surface area contributed by atoms with Gasteiger partial charge in [0, 0.05) is 29.0 Å². The molecule has 0 saturated carbocycles. The first-order valence-electron chi connectivity index (χ1n) is 10.5. The molecule has 3 aromatic carbocycles. The first-order chi connectivity index (χ1) is 15.9. The predicted molar refractivity (Wildman–Crippen MR) is 133 cm³/mol. The molecule has 176 valence electrons. The van der Waals surface area contributed by atoms with E-state index in [1.165, 1.54) is 6.07 Å². The number of hydrogen-bond acceptors (Lipinski definition) is 5. The van der Waals surface area contributed by atoms with Crippen LogP contribution in [0, 0.1) is 0 Å². The number of nitrogens with one attached hydrogen (secondary N) is 2. The van der Waals surface area contributed by atoms with E-state index in [1.807, 2.05) is 30.3 Å². The highest BCUT2D eigenvalue weighted by molar-refractivity contribution is 7.92. The van der Waals surface area contributed by atoms with Crippen molar-refractivity contribution in [3.63, 3.8) is 0 Å². The highest BCUT2D eigenvalue weighted by atomic mass is 35.5. The number of nitrogens with zero attached hydrogens (tertiary/aromatic N) is 1. The van der Waals surface area contributed by atoms with Gasteiger partial charge in [0.15, 0.2) is 5.37 Å². The molecule has 2 aliphatic rings. The molecule has 0 bridgehead atoms. The molecule has 0 aromatic heterocycles. The van der Waals surface area contributed by atoms with Gasteiger partial charge in [0.25, 0.3) is 5.91 Å². The summed E-state index contributed by atoms with van der Waals surface area (Å²) in [7, 11) is -3.88. The van der Waals surface area contributed by atoms with Crippen molar-refractivity contribution in [2.45, 2.75) is 16.7 Å². The number of nitrogens with two attached hydrogens (primary N) is 1. The zero-order chi connectivity index (χ0) is 23.2. The van der Waals surface area contributed by atoms with Crippen molar-refractivity contribution in [2.24, 2.45) is 0 Å². The fourth-order valence-electron chi connectivity index (χ4n) is 4.39. The number of carbonyl (C=O) groups is 2. The number of amides is 3. The van der Waals surface area contributed by atoms with E-state index in [1.54, 1.807) is 35.2 Å². The maximum absolute atomic E-state index is 13.5. The molecule has 4 N–H and O–H groups in total. The predicted octanol–water partition coefficient (Wildman–Crippen LogP) is 2.97. The number of urea groups is 1. The van der Waals surface area contributed by atoms with Gasteiger partial charge in [-0.15, -0.1) is 12.4 Å². The second kappa shape index (κ2) is 9.00. The summed E-state index contributed by atoms with van der Waals surface area (Å²) in [6, 6.07) is 18.7. The molecule has 10 heteroatoms. The molecule has 34 heavy (non-hydrogen) atoms. The van der Waals surface area contributed by atoms with Crippen molar-refractivity contribution in [3.8, 4) is 11.1 Å². The van der Waals surface area contributed by atoms with Crippen LogP contribution in [-0.2, 0) is 16.3 Å². The van der Waals surface area contributed by atoms with Gasteiger partial charge in [-0.25, -0.2) is 13.2 Å². The Labute approximate surface area is 203 Å². The molecular formula is C24H23ClN4O4S. The van der Waals surface area contributed by atoms with Crippen LogP contribution >= 0.6 is 12.4 Å². The molecule has 8 nitrogen and oxygen atoms in total. The fraction of sp³-hybridized carbons (Fsp3) is 0.167. The average Bonchev–Trinajstić information content (AvgIpc) is 3.46. The zero-order valence-corrected chi connectivity index (χ0v) is 19.7. The van der Waals surface area contributed by atoms with E-state index in [-0.39, 0.29) is 29.8 Å². The van der Waals surface area contributed by atoms with Gasteiger partial charge < -0.3 is 21.3 Å². The molecular weight excluding hydrogens is 476 g/mol. The summed E-state index contributed by atoms with van der Waals surface area (Å²) >= 11 is 0. The minimum absolute atomic E-state index is 0. The van der Waals surface area contributed by atoms with Crippen molar-refractivity contribution < 1.29 is 18.0 Å². The van der Waals surface area contributed by atoms with Crippen molar-refractivity contribution in [2.75, 3.05) is 23.7 Å². The third kappa shape index (κ3) is 3.97. The molecule has 1 unspecified atom stereocenters. The quantitative estimate of drug-likeness (QED) is 0.477. The van der Waals surface area contributed by atoms with E-state index in [0.29, 0.717) is 35.5 Å². The minimum atomic E-state index is -3.88. The van der Waals surface area contributed by atoms with Gasteiger partial charge in [0.2, 0.25) is 9.84 Å². The number of hydrogen-bond donors (Lipinski definition) is 3. The number of anilines is 2. The molecule has 3 aromatic rings. The van der Waals surface area contributed by atoms with Crippen LogP contribution in [-0.4, -0.2) is 38.8 Å². The van der Waals surface area contributed by atoms with Gasteiger partial charge in [0.05, 0.1) is 11.4 Å². The molecule has 1 saturated heterocycles. The summed E-state index contributed by atoms with van der Waals surface area (Å²) in [6.07, 6.45) is 0.513. The Morgan fingerprint density at radius 3 is 2.35 bits per heavy atom. The van der Waals surface area contributed by atoms with E-state index in [4.69, 9.17) is 5.73 Å². The van der Waals surface area contributed by atoms with Crippen molar-refractivity contribution in [3.05, 3.63) is 77.9 Å². The van der Waals surface area contributed by atoms with E-state index >= 15 is 0 Å². The molecule has 3 amide bonds. The largest absolute Gasteiger partial charge is 0.399 e. The van der Waals surface area contributed by atoms with Crippen LogP contribution in [0.1, 0.15) is 15.9 Å². The average molecular weight is 499 g/mol. The summed E-state index contributed by atoms with van der Waals surface area (Å²) in [4.78, 5) is 26.6. The van der Waals surface area contributed by atoms with Gasteiger partial charge >= 0.3 is 6.03 Å². The Morgan fingerprint density at radius 1 is 1.00 bits per heavy atom. The molecule has 1 fully saturated rings. The van der Waals surface area contributed by atoms with Gasteiger partial charge in [-0.05, 0) is 53.9 Å². The van der Waals surface area contributed by atoms with Crippen molar-refractivity contribution >= 4 is 45.6 Å². The Balaban J connectivity index is 0.00000274. The summed E-state index contributed by atoms with van der Waals surface area (Å²) in [5.41, 5.74) is 9.62. The lowest BCUT2D eigenvalue weighted by atomic mass is 9.97. The molecule has 5 rings (SSSR count). The molecule has 2 aliphatic heterocycles. The highest BCUT2D eigenvalue weighted by Gasteiger charge is 2.38. The lowest BCUT2D eigenvalue weighted by molar-refractivity contribution is 0.0989. The fourth-order valence-corrected chi connectivity index (χ4v) is 6.05. The normalized spacial score (nSPS) is 16.9. The van der Waals surface area contributed by atoms with Crippen LogP contribution in [0.2, 0.25) is 0 Å². The lowest BCUT2D eigenvalue weighted by Gasteiger charge is -2.21. The Morgan fingerprint density at radius 2 is 1.71 bits per heavy atom. The number of benzene rings is 3. The third-order valence-electron chi connectivity index (χ3n) is 6.01. The van der Waals surface area contributed by atoms with Gasteiger partial charge in [-0.1, -0.05) is 30.3 Å². The molecule has 2 heterocycles. The third-order valence-corrected chi connectivity index (χ3v) is 8.00. The number of halogens is 1. The van der Waals surface area contributed by atoms with Gasteiger partial charge in [0.1, 0.15) is 0 Å². The van der Waals surface area contributed by atoms with Crippen LogP contribution < -0.4 is 21.3 Å². The first kappa shape index (κ1) is 23.6. The topological polar surface area (TPSA) is 122 Å². The Bertz CT molecular complexity index is 1360. The van der Waals surface area contributed by atoms with E-state index in [9.17, 15) is 18.0 Å². The number of nitrogen functional groups attached to an aromatic ring is 1. The van der Waals surface area contributed by atoms with E-state index in [2.05, 4.69) is 10.6 Å². The van der Waals surface area contributed by atoms with Gasteiger partial charge in [-0.3, -0.25) is 4.79 Å². The highest BCUT2D eigenvalue weighted by Crippen LogP contribution is 2.41. The van der Waals surface area contributed by atoms with Gasteiger partial charge in [-0.2, -0.15) is 0 Å². The first-order valence-corrected chi connectivity index (χ1v) is 12.1. The van der Waals surface area contributed by atoms with Crippen molar-refractivity contribution in [1.29, 1.82) is 0 Å². The van der Waals surface area contributed by atoms with Crippen molar-refractivity contribution in [1.82, 2.24) is 10.6 Å². The maximum atomic E-state index is 13.5. The van der Waals surface area contributed by atoms with Crippen LogP contribution in [0.25, 0.3) is 11.1 Å². The summed E-state index contributed by atoms with van der Waals surface area (Å²) < 4.78 is 27.0. The zero-order valence-electron chi connectivity index (χ0n) is 18.0. The molecule has 0 radical (unpaired) electrons. The number of rotatable bonds is 4. The van der Waals surface area contributed by atoms with Crippen LogP contribution in [0.3, 0.4) is 0 Å². The smallest absolute Gasteiger partial charge is 0.315 e. The summed E-state index contributed by atoms with van der Waals surface area (Å²) in [6.45, 7) is 0.428. The SMILES string of the molecule is Cl.Nc1ccc(C(=O)N2CCc3c2ccc(S(=O)(=O)C2CNC(=O)N2)c3-c2ccccc2)cc1.